The molecule has 7 heteroatoms. The van der Waals surface area contributed by atoms with Gasteiger partial charge in [0.1, 0.15) is 6.04 Å². The molecule has 0 saturated carbocycles. The first-order valence-electron chi connectivity index (χ1n) is 13.2. The number of nitrogens with zero attached hydrogens (tertiary/aromatic N) is 2. The number of hydrogen-bond donors (Lipinski definition) is 1. The third-order valence-corrected chi connectivity index (χ3v) is 7.04. The molecule has 1 aliphatic rings. The lowest BCUT2D eigenvalue weighted by molar-refractivity contribution is -0.137. The van der Waals surface area contributed by atoms with Crippen LogP contribution < -0.4 is 5.32 Å². The van der Waals surface area contributed by atoms with E-state index in [0.29, 0.717) is 32.6 Å². The Bertz CT molecular complexity index is 1330. The Balaban J connectivity index is 1.34. The number of nitrogens with one attached hydrogen (secondary N) is 1. The van der Waals surface area contributed by atoms with Crippen molar-refractivity contribution in [2.24, 2.45) is 0 Å². The highest BCUT2D eigenvalue weighted by atomic mass is 16.3. The van der Waals surface area contributed by atoms with Crippen LogP contribution in [0.25, 0.3) is 0 Å². The summed E-state index contributed by atoms with van der Waals surface area (Å²) >= 11 is 0. The molecule has 1 aliphatic heterocycles. The molecule has 1 aromatic heterocycles. The van der Waals surface area contributed by atoms with Crippen LogP contribution >= 0.6 is 0 Å². The molecule has 1 fully saturated rings. The van der Waals surface area contributed by atoms with Gasteiger partial charge in [0, 0.05) is 32.6 Å². The lowest BCUT2D eigenvalue weighted by Gasteiger charge is -2.36. The largest absolute Gasteiger partial charge is 0.459 e. The number of furan rings is 1. The normalized spacial score (nSPS) is 14.2. The van der Waals surface area contributed by atoms with Crippen molar-refractivity contribution in [2.45, 2.75) is 18.4 Å². The number of carbonyl (C=O) groups is 3. The molecule has 1 N–H and O–H groups in total. The van der Waals surface area contributed by atoms with Gasteiger partial charge < -0.3 is 19.5 Å². The summed E-state index contributed by atoms with van der Waals surface area (Å²) in [4.78, 5) is 43.8. The molecule has 0 bridgehead atoms. The van der Waals surface area contributed by atoms with Crippen molar-refractivity contribution in [2.75, 3.05) is 26.2 Å². The Morgan fingerprint density at radius 1 is 0.692 bits per heavy atom. The number of hydrogen-bond acceptors (Lipinski definition) is 4. The second-order valence-electron chi connectivity index (χ2n) is 9.60. The second kappa shape index (κ2) is 12.3. The van der Waals surface area contributed by atoms with Gasteiger partial charge in [-0.1, -0.05) is 91.0 Å². The maximum absolute atomic E-state index is 13.9. The van der Waals surface area contributed by atoms with Crippen LogP contribution in [0.5, 0.6) is 0 Å². The van der Waals surface area contributed by atoms with E-state index in [1.165, 1.54) is 6.26 Å². The maximum atomic E-state index is 13.9. The Labute approximate surface area is 228 Å². The number of carbonyl (C=O) groups excluding carboxylic acids is 3. The monoisotopic (exact) mass is 521 g/mol. The Morgan fingerprint density at radius 2 is 1.23 bits per heavy atom. The van der Waals surface area contributed by atoms with Crippen molar-refractivity contribution in [1.82, 2.24) is 15.1 Å². The molecule has 3 aromatic carbocycles. The summed E-state index contributed by atoms with van der Waals surface area (Å²) < 4.78 is 5.25. The fourth-order valence-corrected chi connectivity index (χ4v) is 5.00. The van der Waals surface area contributed by atoms with Crippen LogP contribution in [0, 0.1) is 0 Å². The van der Waals surface area contributed by atoms with E-state index in [4.69, 9.17) is 4.42 Å². The van der Waals surface area contributed by atoms with Crippen LogP contribution in [0.4, 0.5) is 0 Å². The number of piperazine rings is 1. The molecule has 0 spiro atoms. The zero-order valence-electron chi connectivity index (χ0n) is 21.6. The Hall–Kier alpha value is -4.65. The van der Waals surface area contributed by atoms with E-state index in [1.54, 1.807) is 21.9 Å². The van der Waals surface area contributed by atoms with Gasteiger partial charge in [-0.2, -0.15) is 0 Å². The topological polar surface area (TPSA) is 82.9 Å². The lowest BCUT2D eigenvalue weighted by atomic mass is 9.90. The van der Waals surface area contributed by atoms with Crippen molar-refractivity contribution < 1.29 is 18.8 Å². The molecule has 3 amide bonds. The van der Waals surface area contributed by atoms with Crippen LogP contribution in [0.3, 0.4) is 0 Å². The quantitative estimate of drug-likeness (QED) is 0.378. The van der Waals surface area contributed by atoms with E-state index in [9.17, 15) is 14.4 Å². The summed E-state index contributed by atoms with van der Waals surface area (Å²) in [5.74, 6) is -0.835. The van der Waals surface area contributed by atoms with E-state index in [1.807, 2.05) is 91.0 Å². The van der Waals surface area contributed by atoms with Crippen molar-refractivity contribution in [1.29, 1.82) is 0 Å². The van der Waals surface area contributed by atoms with E-state index in [2.05, 4.69) is 5.32 Å². The average molecular weight is 522 g/mol. The first kappa shape index (κ1) is 26.0. The van der Waals surface area contributed by atoms with Gasteiger partial charge in [0.25, 0.3) is 5.91 Å². The second-order valence-corrected chi connectivity index (χ2v) is 9.60. The third kappa shape index (κ3) is 6.26. The fraction of sp³-hybridized carbons (Fsp3) is 0.219. The van der Waals surface area contributed by atoms with Crippen LogP contribution in [0.15, 0.2) is 114 Å². The van der Waals surface area contributed by atoms with Gasteiger partial charge in [-0.15, -0.1) is 0 Å². The molecule has 5 rings (SSSR count). The lowest BCUT2D eigenvalue weighted by Crippen LogP contribution is -2.56. The smallest absolute Gasteiger partial charge is 0.289 e. The van der Waals surface area contributed by atoms with Crippen molar-refractivity contribution >= 4 is 17.7 Å². The fourth-order valence-electron chi connectivity index (χ4n) is 5.00. The van der Waals surface area contributed by atoms with Crippen LogP contribution in [-0.2, 0) is 16.0 Å². The van der Waals surface area contributed by atoms with E-state index in [0.717, 1.165) is 16.7 Å². The molecule has 198 valence electrons. The van der Waals surface area contributed by atoms with E-state index in [-0.39, 0.29) is 23.5 Å². The highest BCUT2D eigenvalue weighted by Crippen LogP contribution is 2.25. The molecule has 1 unspecified atom stereocenters. The number of rotatable bonds is 8. The molecule has 2 heterocycles. The van der Waals surface area contributed by atoms with Crippen molar-refractivity contribution in [3.63, 3.8) is 0 Å². The van der Waals surface area contributed by atoms with Gasteiger partial charge in [-0.25, -0.2) is 0 Å². The summed E-state index contributed by atoms with van der Waals surface area (Å²) in [5.41, 5.74) is 2.67. The van der Waals surface area contributed by atoms with Gasteiger partial charge in [-0.3, -0.25) is 14.4 Å². The number of amides is 3. The van der Waals surface area contributed by atoms with Crippen molar-refractivity contribution in [3.8, 4) is 0 Å². The van der Waals surface area contributed by atoms with Crippen molar-refractivity contribution in [3.05, 3.63) is 132 Å². The third-order valence-electron chi connectivity index (χ3n) is 7.04. The van der Waals surface area contributed by atoms with E-state index >= 15 is 0 Å². The minimum Gasteiger partial charge on any atom is -0.459 e. The highest BCUT2D eigenvalue weighted by Gasteiger charge is 2.33. The first-order valence-corrected chi connectivity index (χ1v) is 13.2. The SMILES string of the molecule is O=C(NC(Cc1ccccc1)C(=O)N1CCN(C(=O)c2ccco2)CC1)C(c1ccccc1)c1ccccc1. The zero-order valence-corrected chi connectivity index (χ0v) is 21.6. The summed E-state index contributed by atoms with van der Waals surface area (Å²) in [6.07, 6.45) is 1.84. The van der Waals surface area contributed by atoms with Gasteiger partial charge in [0.15, 0.2) is 5.76 Å². The predicted octanol–water partition coefficient (Wildman–Crippen LogP) is 4.12. The summed E-state index contributed by atoms with van der Waals surface area (Å²) in [7, 11) is 0. The minimum absolute atomic E-state index is 0.155. The molecule has 39 heavy (non-hydrogen) atoms. The molecule has 4 aromatic rings. The van der Waals surface area contributed by atoms with Gasteiger partial charge >= 0.3 is 0 Å². The first-order chi connectivity index (χ1) is 19.1. The average Bonchev–Trinajstić information content (AvgIpc) is 3.53. The predicted molar refractivity (Wildman–Crippen MR) is 148 cm³/mol. The summed E-state index contributed by atoms with van der Waals surface area (Å²) in [6, 6.07) is 31.5. The molecular weight excluding hydrogens is 490 g/mol. The van der Waals surface area contributed by atoms with E-state index < -0.39 is 12.0 Å². The minimum atomic E-state index is -0.748. The molecule has 7 nitrogen and oxygen atoms in total. The number of benzene rings is 3. The highest BCUT2D eigenvalue weighted by molar-refractivity contribution is 5.93. The Morgan fingerprint density at radius 3 is 1.77 bits per heavy atom. The van der Waals surface area contributed by atoms with Gasteiger partial charge in [-0.05, 0) is 28.8 Å². The van der Waals surface area contributed by atoms with Gasteiger partial charge in [0.2, 0.25) is 11.8 Å². The Kier molecular flexibility index (Phi) is 8.17. The molecule has 0 radical (unpaired) electrons. The molecule has 1 saturated heterocycles. The van der Waals surface area contributed by atoms with Gasteiger partial charge in [0.05, 0.1) is 12.2 Å². The molecular formula is C32H31N3O4. The summed E-state index contributed by atoms with van der Waals surface area (Å²) in [6.45, 7) is 1.56. The maximum Gasteiger partial charge on any atom is 0.289 e. The van der Waals surface area contributed by atoms with Crippen LogP contribution in [0.1, 0.15) is 33.2 Å². The van der Waals surface area contributed by atoms with Crippen LogP contribution in [0.2, 0.25) is 0 Å². The molecule has 1 atom stereocenters. The summed E-state index contributed by atoms with van der Waals surface area (Å²) in [5, 5.41) is 3.09. The van der Waals surface area contributed by atoms with Crippen LogP contribution in [-0.4, -0.2) is 59.7 Å². The standard InChI is InChI=1S/C32H31N3O4/c36-30(29(25-13-6-2-7-14-25)26-15-8-3-9-16-26)33-27(23-24-11-4-1-5-12-24)31(37)34-18-20-35(21-19-34)32(38)28-17-10-22-39-28/h1-17,22,27,29H,18-21,23H2,(H,33,36). The molecule has 0 aliphatic carbocycles. The zero-order chi connectivity index (χ0) is 27.0.